The number of hydrogen-bond acceptors (Lipinski definition) is 3. The summed E-state index contributed by atoms with van der Waals surface area (Å²) in [6.07, 6.45) is 1.58. The first-order chi connectivity index (χ1) is 9.20. The molecule has 0 aliphatic heterocycles. The van der Waals surface area contributed by atoms with E-state index >= 15 is 0 Å². The third-order valence-electron chi connectivity index (χ3n) is 3.15. The van der Waals surface area contributed by atoms with Crippen molar-refractivity contribution in [1.82, 2.24) is 4.31 Å². The maximum absolute atomic E-state index is 12.8. The molecule has 1 aliphatic rings. The average molecular weight is 378 g/mol. The second kappa shape index (κ2) is 5.30. The van der Waals surface area contributed by atoms with Gasteiger partial charge in [0, 0.05) is 10.5 Å². The lowest BCUT2D eigenvalue weighted by molar-refractivity contribution is 0.280. The zero-order valence-electron chi connectivity index (χ0n) is 11.1. The van der Waals surface area contributed by atoms with Crippen molar-refractivity contribution in [1.29, 1.82) is 5.26 Å². The normalized spacial score (nSPS) is 16.2. The number of benzene rings is 1. The Morgan fingerprint density at radius 3 is 2.50 bits per heavy atom. The third-order valence-corrected chi connectivity index (χ3v) is 6.49. The van der Waals surface area contributed by atoms with E-state index in [9.17, 15) is 13.7 Å². The van der Waals surface area contributed by atoms with Gasteiger partial charge in [-0.3, -0.25) is 0 Å². The lowest BCUT2D eigenvalue weighted by Gasteiger charge is -2.32. The highest BCUT2D eigenvalue weighted by molar-refractivity contribution is 9.10. The fourth-order valence-electron chi connectivity index (χ4n) is 2.06. The predicted molar refractivity (Wildman–Crippen MR) is 80.9 cm³/mol. The van der Waals surface area contributed by atoms with Gasteiger partial charge in [0.25, 0.3) is 0 Å². The van der Waals surface area contributed by atoms with Gasteiger partial charge in [-0.1, -0.05) is 11.6 Å². The van der Waals surface area contributed by atoms with Crippen LogP contribution in [-0.2, 0) is 10.0 Å². The molecule has 0 bridgehead atoms. The van der Waals surface area contributed by atoms with E-state index in [0.717, 1.165) is 12.8 Å². The molecule has 1 aromatic rings. The molecule has 0 atom stereocenters. The van der Waals surface area contributed by atoms with Crippen LogP contribution in [0.4, 0.5) is 0 Å². The molecule has 0 spiro atoms. The monoisotopic (exact) mass is 376 g/mol. The first kappa shape index (κ1) is 15.8. The second-order valence-corrected chi connectivity index (χ2v) is 8.36. The SMILES string of the molecule is CC(C)(C#N)N(C1CC1)S(=O)(=O)c1ccc(Cl)c(Br)c1. The Morgan fingerprint density at radius 2 is 2.05 bits per heavy atom. The number of sulfonamides is 1. The van der Waals surface area contributed by atoms with E-state index < -0.39 is 15.6 Å². The van der Waals surface area contributed by atoms with Gasteiger partial charge in [0.2, 0.25) is 10.0 Å². The van der Waals surface area contributed by atoms with Crippen molar-refractivity contribution in [3.63, 3.8) is 0 Å². The lowest BCUT2D eigenvalue weighted by atomic mass is 10.1. The van der Waals surface area contributed by atoms with E-state index in [4.69, 9.17) is 11.6 Å². The van der Waals surface area contributed by atoms with Crippen molar-refractivity contribution in [3.8, 4) is 6.07 Å². The summed E-state index contributed by atoms with van der Waals surface area (Å²) in [7, 11) is -3.72. The van der Waals surface area contributed by atoms with E-state index in [-0.39, 0.29) is 10.9 Å². The van der Waals surface area contributed by atoms with Crippen LogP contribution in [0.5, 0.6) is 0 Å². The van der Waals surface area contributed by atoms with Gasteiger partial charge in [-0.25, -0.2) is 8.42 Å². The van der Waals surface area contributed by atoms with Crippen LogP contribution in [0, 0.1) is 11.3 Å². The highest BCUT2D eigenvalue weighted by Gasteiger charge is 2.46. The number of hydrogen-bond donors (Lipinski definition) is 0. The predicted octanol–water partition coefficient (Wildman–Crippen LogP) is 3.56. The molecule has 1 saturated carbocycles. The average Bonchev–Trinajstić information content (AvgIpc) is 3.16. The zero-order valence-corrected chi connectivity index (χ0v) is 14.3. The molecule has 4 nitrogen and oxygen atoms in total. The molecule has 1 aromatic carbocycles. The van der Waals surface area contributed by atoms with Gasteiger partial charge in [-0.2, -0.15) is 9.57 Å². The Bertz CT molecular complexity index is 678. The first-order valence-electron chi connectivity index (χ1n) is 6.11. The van der Waals surface area contributed by atoms with Crippen LogP contribution in [0.2, 0.25) is 5.02 Å². The smallest absolute Gasteiger partial charge is 0.207 e. The molecule has 0 amide bonds. The van der Waals surface area contributed by atoms with Crippen molar-refractivity contribution in [2.75, 3.05) is 0 Å². The van der Waals surface area contributed by atoms with Gasteiger partial charge < -0.3 is 0 Å². The fourth-order valence-corrected chi connectivity index (χ4v) is 4.69. The molecule has 0 unspecified atom stereocenters. The number of rotatable bonds is 4. The minimum atomic E-state index is -3.72. The molecular formula is C13H14BrClN2O2S. The molecule has 0 N–H and O–H groups in total. The van der Waals surface area contributed by atoms with Crippen molar-refractivity contribution in [2.45, 2.75) is 43.2 Å². The van der Waals surface area contributed by atoms with E-state index in [1.165, 1.54) is 22.5 Å². The highest BCUT2D eigenvalue weighted by atomic mass is 79.9. The molecule has 2 rings (SSSR count). The summed E-state index contributed by atoms with van der Waals surface area (Å²) < 4.78 is 27.4. The highest BCUT2D eigenvalue weighted by Crippen LogP contribution is 2.38. The molecule has 0 saturated heterocycles. The lowest BCUT2D eigenvalue weighted by Crippen LogP contribution is -2.48. The van der Waals surface area contributed by atoms with E-state index in [1.807, 2.05) is 0 Å². The quantitative estimate of drug-likeness (QED) is 0.806. The Kier molecular flexibility index (Phi) is 4.18. The number of halogens is 2. The topological polar surface area (TPSA) is 61.2 Å². The minimum absolute atomic E-state index is 0.0934. The zero-order chi connectivity index (χ0) is 15.1. The number of nitriles is 1. The molecule has 0 heterocycles. The van der Waals surface area contributed by atoms with Crippen molar-refractivity contribution in [2.24, 2.45) is 0 Å². The fraction of sp³-hybridized carbons (Fsp3) is 0.462. The minimum Gasteiger partial charge on any atom is -0.207 e. The van der Waals surface area contributed by atoms with Crippen LogP contribution in [0.15, 0.2) is 27.6 Å². The summed E-state index contributed by atoms with van der Waals surface area (Å²) in [6.45, 7) is 3.24. The Morgan fingerprint density at radius 1 is 1.45 bits per heavy atom. The summed E-state index contributed by atoms with van der Waals surface area (Å²) in [5, 5.41) is 9.71. The van der Waals surface area contributed by atoms with Gasteiger partial charge >= 0.3 is 0 Å². The van der Waals surface area contributed by atoms with Crippen LogP contribution in [0.3, 0.4) is 0 Å². The van der Waals surface area contributed by atoms with E-state index in [2.05, 4.69) is 22.0 Å². The molecule has 1 fully saturated rings. The van der Waals surface area contributed by atoms with Gasteiger partial charge in [-0.05, 0) is 60.8 Å². The molecule has 0 radical (unpaired) electrons. The molecule has 0 aromatic heterocycles. The second-order valence-electron chi connectivity index (χ2n) is 5.28. The maximum atomic E-state index is 12.8. The van der Waals surface area contributed by atoms with Crippen molar-refractivity contribution in [3.05, 3.63) is 27.7 Å². The Labute approximate surface area is 132 Å². The molecule has 108 valence electrons. The van der Waals surface area contributed by atoms with E-state index in [0.29, 0.717) is 9.50 Å². The van der Waals surface area contributed by atoms with Crippen LogP contribution in [0.1, 0.15) is 26.7 Å². The first-order valence-corrected chi connectivity index (χ1v) is 8.72. The van der Waals surface area contributed by atoms with Crippen LogP contribution >= 0.6 is 27.5 Å². The van der Waals surface area contributed by atoms with Crippen LogP contribution in [0.25, 0.3) is 0 Å². The summed E-state index contributed by atoms with van der Waals surface area (Å²) in [5.41, 5.74) is -1.08. The summed E-state index contributed by atoms with van der Waals surface area (Å²) in [6, 6.07) is 6.45. The molecule has 7 heteroatoms. The standard InChI is InChI=1S/C13H14BrClN2O2S/c1-13(2,8-16)17(9-3-4-9)20(18,19)10-5-6-12(15)11(14)7-10/h5-7,9H,3-4H2,1-2H3. The van der Waals surface area contributed by atoms with Gasteiger partial charge in [0.15, 0.2) is 0 Å². The van der Waals surface area contributed by atoms with Crippen molar-refractivity contribution < 1.29 is 8.42 Å². The molecule has 1 aliphatic carbocycles. The Balaban J connectivity index is 2.52. The van der Waals surface area contributed by atoms with E-state index in [1.54, 1.807) is 13.8 Å². The summed E-state index contributed by atoms with van der Waals surface area (Å²) in [5.74, 6) is 0. The number of nitrogens with zero attached hydrogens (tertiary/aromatic N) is 2. The maximum Gasteiger partial charge on any atom is 0.244 e. The van der Waals surface area contributed by atoms with Gasteiger partial charge in [-0.15, -0.1) is 0 Å². The Hall–Kier alpha value is -0.610. The largest absolute Gasteiger partial charge is 0.244 e. The third kappa shape index (κ3) is 2.86. The summed E-state index contributed by atoms with van der Waals surface area (Å²) in [4.78, 5) is 0.143. The molecular weight excluding hydrogens is 364 g/mol. The summed E-state index contributed by atoms with van der Waals surface area (Å²) >= 11 is 9.12. The van der Waals surface area contributed by atoms with Gasteiger partial charge in [0.05, 0.1) is 16.0 Å². The van der Waals surface area contributed by atoms with Gasteiger partial charge in [0.1, 0.15) is 5.54 Å². The van der Waals surface area contributed by atoms with Crippen LogP contribution < -0.4 is 0 Å². The van der Waals surface area contributed by atoms with Crippen molar-refractivity contribution >= 4 is 37.6 Å². The molecule has 20 heavy (non-hydrogen) atoms. The van der Waals surface area contributed by atoms with Crippen LogP contribution in [-0.4, -0.2) is 24.3 Å².